The average Bonchev–Trinajstić information content (AvgIpc) is 3.19. The summed E-state index contributed by atoms with van der Waals surface area (Å²) in [5.74, 6) is 0. The summed E-state index contributed by atoms with van der Waals surface area (Å²) in [7, 11) is 0. The number of piperazine rings is 1. The standard InChI is InChI=1S/C18H21ClN4OS/c19-17-16(23-9-10-25-18(23)20-17)12-22-7-5-21(6-8-22)11-14-3-1-2-4-15(14)13-24/h1-4,9-10,24H,5-8,11-13H2. The van der Waals surface area contributed by atoms with Gasteiger partial charge in [0.2, 0.25) is 0 Å². The summed E-state index contributed by atoms with van der Waals surface area (Å²) in [6.07, 6.45) is 2.04. The van der Waals surface area contributed by atoms with Crippen molar-refractivity contribution in [3.8, 4) is 0 Å². The van der Waals surface area contributed by atoms with Gasteiger partial charge in [-0.1, -0.05) is 35.9 Å². The Morgan fingerprint density at radius 2 is 1.72 bits per heavy atom. The maximum absolute atomic E-state index is 9.48. The van der Waals surface area contributed by atoms with Crippen molar-refractivity contribution in [2.45, 2.75) is 19.7 Å². The summed E-state index contributed by atoms with van der Waals surface area (Å²) in [6, 6.07) is 8.13. The van der Waals surface area contributed by atoms with Gasteiger partial charge in [0.05, 0.1) is 12.3 Å². The minimum Gasteiger partial charge on any atom is -0.392 e. The molecule has 1 saturated heterocycles. The van der Waals surface area contributed by atoms with Gasteiger partial charge in [-0.25, -0.2) is 4.98 Å². The van der Waals surface area contributed by atoms with Crippen molar-refractivity contribution in [3.63, 3.8) is 0 Å². The van der Waals surface area contributed by atoms with E-state index >= 15 is 0 Å². The molecule has 1 aliphatic heterocycles. The second kappa shape index (κ2) is 7.43. The van der Waals surface area contributed by atoms with E-state index in [4.69, 9.17) is 11.6 Å². The van der Waals surface area contributed by atoms with E-state index < -0.39 is 0 Å². The van der Waals surface area contributed by atoms with E-state index in [1.165, 1.54) is 5.56 Å². The van der Waals surface area contributed by atoms with Crippen LogP contribution in [0.2, 0.25) is 5.15 Å². The van der Waals surface area contributed by atoms with Crippen LogP contribution in [0.4, 0.5) is 0 Å². The van der Waals surface area contributed by atoms with Gasteiger partial charge >= 0.3 is 0 Å². The molecule has 5 nitrogen and oxygen atoms in total. The van der Waals surface area contributed by atoms with E-state index in [1.807, 2.05) is 29.8 Å². The second-order valence-electron chi connectivity index (χ2n) is 6.38. The lowest BCUT2D eigenvalue weighted by Crippen LogP contribution is -2.45. The number of imidazole rings is 1. The predicted molar refractivity (Wildman–Crippen MR) is 101 cm³/mol. The summed E-state index contributed by atoms with van der Waals surface area (Å²) < 4.78 is 2.09. The van der Waals surface area contributed by atoms with Gasteiger partial charge in [0.15, 0.2) is 10.1 Å². The molecule has 1 fully saturated rings. The summed E-state index contributed by atoms with van der Waals surface area (Å²) in [5, 5.41) is 12.1. The van der Waals surface area contributed by atoms with Crippen LogP contribution in [0, 0.1) is 0 Å². The third-order valence-electron chi connectivity index (χ3n) is 4.83. The molecule has 132 valence electrons. The number of aliphatic hydroxyl groups excluding tert-OH is 1. The Bertz CT molecular complexity index is 854. The number of aliphatic hydroxyl groups is 1. The van der Waals surface area contributed by atoms with E-state index in [-0.39, 0.29) is 6.61 Å². The second-order valence-corrected chi connectivity index (χ2v) is 7.62. The zero-order valence-corrected chi connectivity index (χ0v) is 15.5. The Hall–Kier alpha value is -1.44. The molecule has 25 heavy (non-hydrogen) atoms. The van der Waals surface area contributed by atoms with Gasteiger partial charge < -0.3 is 5.11 Å². The quantitative estimate of drug-likeness (QED) is 0.743. The van der Waals surface area contributed by atoms with Crippen LogP contribution >= 0.6 is 22.9 Å². The first-order chi connectivity index (χ1) is 12.2. The van der Waals surface area contributed by atoms with Gasteiger partial charge in [0.1, 0.15) is 0 Å². The number of thiazole rings is 1. The van der Waals surface area contributed by atoms with E-state index in [0.29, 0.717) is 5.15 Å². The van der Waals surface area contributed by atoms with Crippen LogP contribution in [0.1, 0.15) is 16.8 Å². The number of nitrogens with zero attached hydrogens (tertiary/aromatic N) is 4. The molecule has 3 aromatic rings. The minimum atomic E-state index is 0.104. The van der Waals surface area contributed by atoms with Crippen LogP contribution in [0.5, 0.6) is 0 Å². The Morgan fingerprint density at radius 1 is 1.04 bits per heavy atom. The van der Waals surface area contributed by atoms with E-state index in [0.717, 1.165) is 55.5 Å². The molecular weight excluding hydrogens is 356 g/mol. The van der Waals surface area contributed by atoms with Crippen molar-refractivity contribution < 1.29 is 5.11 Å². The van der Waals surface area contributed by atoms with Gasteiger partial charge in [-0.05, 0) is 11.1 Å². The van der Waals surface area contributed by atoms with Gasteiger partial charge in [0.25, 0.3) is 0 Å². The maximum atomic E-state index is 9.48. The molecule has 0 spiro atoms. The molecule has 0 aliphatic carbocycles. The maximum Gasteiger partial charge on any atom is 0.195 e. The normalized spacial score (nSPS) is 16.7. The van der Waals surface area contributed by atoms with E-state index in [2.05, 4.69) is 25.3 Å². The number of aromatic nitrogens is 2. The smallest absolute Gasteiger partial charge is 0.195 e. The lowest BCUT2D eigenvalue weighted by atomic mass is 10.1. The first-order valence-corrected chi connectivity index (χ1v) is 9.72. The molecule has 1 N–H and O–H groups in total. The van der Waals surface area contributed by atoms with Crippen LogP contribution < -0.4 is 0 Å². The summed E-state index contributed by atoms with van der Waals surface area (Å²) in [4.78, 5) is 10.3. The fourth-order valence-electron chi connectivity index (χ4n) is 3.37. The van der Waals surface area contributed by atoms with E-state index in [1.54, 1.807) is 11.3 Å². The number of halogens is 1. The summed E-state index contributed by atoms with van der Waals surface area (Å²) >= 11 is 7.92. The molecule has 0 radical (unpaired) electrons. The molecular formula is C18H21ClN4OS. The third kappa shape index (κ3) is 3.59. The number of hydrogen-bond donors (Lipinski definition) is 1. The predicted octanol–water partition coefficient (Wildman–Crippen LogP) is 2.86. The molecule has 0 unspecified atom stereocenters. The van der Waals surface area contributed by atoms with Crippen LogP contribution in [0.15, 0.2) is 35.8 Å². The number of hydrogen-bond acceptors (Lipinski definition) is 5. The SMILES string of the molecule is OCc1ccccc1CN1CCN(Cc2c(Cl)nc3sccn23)CC1. The van der Waals surface area contributed by atoms with Gasteiger partial charge in [0, 0.05) is 50.8 Å². The van der Waals surface area contributed by atoms with Crippen LogP contribution in [0.25, 0.3) is 4.96 Å². The molecule has 3 heterocycles. The fourth-order valence-corrected chi connectivity index (χ4v) is 4.39. The molecule has 4 rings (SSSR count). The van der Waals surface area contributed by atoms with Crippen LogP contribution in [-0.4, -0.2) is 50.5 Å². The highest BCUT2D eigenvalue weighted by Crippen LogP contribution is 2.23. The molecule has 7 heteroatoms. The third-order valence-corrected chi connectivity index (χ3v) is 5.89. The largest absolute Gasteiger partial charge is 0.392 e. The summed E-state index contributed by atoms with van der Waals surface area (Å²) in [5.41, 5.74) is 3.32. The first-order valence-electron chi connectivity index (χ1n) is 8.47. The molecule has 2 aromatic heterocycles. The molecule has 1 aliphatic rings. The Kier molecular flexibility index (Phi) is 5.05. The van der Waals surface area contributed by atoms with Crippen molar-refractivity contribution in [1.29, 1.82) is 0 Å². The summed E-state index contributed by atoms with van der Waals surface area (Å²) in [6.45, 7) is 5.88. The van der Waals surface area contributed by atoms with Gasteiger partial charge in [-0.15, -0.1) is 11.3 Å². The zero-order valence-electron chi connectivity index (χ0n) is 13.9. The molecule has 0 bridgehead atoms. The molecule has 0 amide bonds. The van der Waals surface area contributed by atoms with Crippen molar-refractivity contribution in [2.24, 2.45) is 0 Å². The average molecular weight is 377 g/mol. The fraction of sp³-hybridized carbons (Fsp3) is 0.389. The Labute approximate surface area is 156 Å². The molecule has 0 saturated carbocycles. The van der Waals surface area contributed by atoms with Crippen LogP contribution in [-0.2, 0) is 19.7 Å². The number of benzene rings is 1. The van der Waals surface area contributed by atoms with Crippen molar-refractivity contribution in [1.82, 2.24) is 19.2 Å². The van der Waals surface area contributed by atoms with Gasteiger partial charge in [-0.3, -0.25) is 14.2 Å². The minimum absolute atomic E-state index is 0.104. The van der Waals surface area contributed by atoms with Crippen molar-refractivity contribution in [2.75, 3.05) is 26.2 Å². The first kappa shape index (κ1) is 17.0. The Morgan fingerprint density at radius 3 is 2.44 bits per heavy atom. The highest BCUT2D eigenvalue weighted by Gasteiger charge is 2.21. The highest BCUT2D eigenvalue weighted by molar-refractivity contribution is 7.15. The van der Waals surface area contributed by atoms with Crippen molar-refractivity contribution in [3.05, 3.63) is 57.8 Å². The zero-order chi connectivity index (χ0) is 17.2. The lowest BCUT2D eigenvalue weighted by molar-refractivity contribution is 0.120. The van der Waals surface area contributed by atoms with Gasteiger partial charge in [-0.2, -0.15) is 0 Å². The lowest BCUT2D eigenvalue weighted by Gasteiger charge is -2.34. The number of fused-ring (bicyclic) bond motifs is 1. The molecule has 0 atom stereocenters. The van der Waals surface area contributed by atoms with Crippen LogP contribution in [0.3, 0.4) is 0 Å². The highest BCUT2D eigenvalue weighted by atomic mass is 35.5. The molecule has 1 aromatic carbocycles. The monoisotopic (exact) mass is 376 g/mol. The Balaban J connectivity index is 1.37. The van der Waals surface area contributed by atoms with Crippen molar-refractivity contribution >= 4 is 27.9 Å². The topological polar surface area (TPSA) is 44.0 Å². The van der Waals surface area contributed by atoms with E-state index in [9.17, 15) is 5.11 Å². The number of rotatable bonds is 5.